The van der Waals surface area contributed by atoms with Gasteiger partial charge in [0.2, 0.25) is 5.91 Å². The molecule has 0 atom stereocenters. The molecule has 1 aliphatic rings. The van der Waals surface area contributed by atoms with Crippen LogP contribution in [0.5, 0.6) is 0 Å². The second-order valence-electron chi connectivity index (χ2n) is 5.64. The Hall–Kier alpha value is -1.92. The first kappa shape index (κ1) is 16.9. The Morgan fingerprint density at radius 3 is 2.79 bits per heavy atom. The maximum absolute atomic E-state index is 11.9. The molecule has 6 heteroatoms. The Labute approximate surface area is 155 Å². The number of anilines is 2. The Kier molecular flexibility index (Phi) is 5.48. The van der Waals surface area contributed by atoms with Crippen LogP contribution in [0.2, 0.25) is 0 Å². The van der Waals surface area contributed by atoms with E-state index in [1.807, 2.05) is 53.4 Å². The average Bonchev–Trinajstić information content (AvgIpc) is 2.99. The summed E-state index contributed by atoms with van der Waals surface area (Å²) in [6.07, 6.45) is 1.57. The van der Waals surface area contributed by atoms with Gasteiger partial charge in [0.1, 0.15) is 0 Å². The number of thiocarbonyl (C=S) groups is 1. The van der Waals surface area contributed by atoms with Gasteiger partial charge in [-0.3, -0.25) is 4.79 Å². The zero-order valence-electron chi connectivity index (χ0n) is 13.1. The normalized spacial score (nSPS) is 13.9. The molecule has 0 bridgehead atoms. The lowest BCUT2D eigenvalue weighted by molar-refractivity contribution is -0.117. The Bertz CT molecular complexity index is 765. The molecule has 1 saturated heterocycles. The standard InChI is InChI=1S/C18H18BrN3OS/c19-14-5-2-6-15(11-14)21-18(24)20-12-13-4-1-7-16(10-13)22-9-3-8-17(22)23/h1-2,4-7,10-11H,3,8-9,12H2,(H2,20,21,24). The summed E-state index contributed by atoms with van der Waals surface area (Å²) in [4.78, 5) is 13.7. The van der Waals surface area contributed by atoms with Crippen LogP contribution in [-0.4, -0.2) is 17.6 Å². The highest BCUT2D eigenvalue weighted by molar-refractivity contribution is 9.10. The number of carbonyl (C=O) groups is 1. The molecule has 0 aliphatic carbocycles. The van der Waals surface area contributed by atoms with Crippen molar-refractivity contribution in [2.24, 2.45) is 0 Å². The molecule has 2 N–H and O–H groups in total. The molecule has 0 unspecified atom stereocenters. The van der Waals surface area contributed by atoms with Crippen LogP contribution >= 0.6 is 28.1 Å². The molecule has 1 amide bonds. The molecule has 0 aromatic heterocycles. The van der Waals surface area contributed by atoms with Crippen molar-refractivity contribution in [3.63, 3.8) is 0 Å². The van der Waals surface area contributed by atoms with Crippen LogP contribution in [0.3, 0.4) is 0 Å². The number of rotatable bonds is 4. The summed E-state index contributed by atoms with van der Waals surface area (Å²) in [6, 6.07) is 15.9. The van der Waals surface area contributed by atoms with Crippen LogP contribution in [0.15, 0.2) is 53.0 Å². The van der Waals surface area contributed by atoms with E-state index in [0.717, 1.165) is 34.4 Å². The molecule has 2 aromatic rings. The smallest absolute Gasteiger partial charge is 0.227 e. The van der Waals surface area contributed by atoms with Gasteiger partial charge in [-0.1, -0.05) is 34.1 Å². The van der Waals surface area contributed by atoms with Gasteiger partial charge < -0.3 is 15.5 Å². The lowest BCUT2D eigenvalue weighted by Crippen LogP contribution is -2.28. The van der Waals surface area contributed by atoms with Crippen LogP contribution in [0.25, 0.3) is 0 Å². The van der Waals surface area contributed by atoms with Gasteiger partial charge in [-0.25, -0.2) is 0 Å². The first-order valence-corrected chi connectivity index (χ1v) is 9.02. The van der Waals surface area contributed by atoms with E-state index in [0.29, 0.717) is 18.1 Å². The number of nitrogens with zero attached hydrogens (tertiary/aromatic N) is 1. The first-order chi connectivity index (χ1) is 11.6. The van der Waals surface area contributed by atoms with E-state index in [-0.39, 0.29) is 5.91 Å². The van der Waals surface area contributed by atoms with Gasteiger partial charge in [0.25, 0.3) is 0 Å². The van der Waals surface area contributed by atoms with Crippen LogP contribution < -0.4 is 15.5 Å². The molecule has 1 heterocycles. The number of benzene rings is 2. The highest BCUT2D eigenvalue weighted by atomic mass is 79.9. The largest absolute Gasteiger partial charge is 0.358 e. The molecule has 0 saturated carbocycles. The molecule has 1 aliphatic heterocycles. The molecule has 4 nitrogen and oxygen atoms in total. The first-order valence-electron chi connectivity index (χ1n) is 7.81. The molecule has 0 radical (unpaired) electrons. The lowest BCUT2D eigenvalue weighted by atomic mass is 10.2. The SMILES string of the molecule is O=C1CCCN1c1cccc(CNC(=S)Nc2cccc(Br)c2)c1. The number of carbonyl (C=O) groups excluding carboxylic acids is 1. The van der Waals surface area contributed by atoms with E-state index in [1.165, 1.54) is 0 Å². The second-order valence-corrected chi connectivity index (χ2v) is 6.96. The minimum absolute atomic E-state index is 0.201. The zero-order valence-corrected chi connectivity index (χ0v) is 15.5. The molecule has 3 rings (SSSR count). The zero-order chi connectivity index (χ0) is 16.9. The van der Waals surface area contributed by atoms with E-state index in [2.05, 4.69) is 26.6 Å². The van der Waals surface area contributed by atoms with Gasteiger partial charge in [-0.15, -0.1) is 0 Å². The summed E-state index contributed by atoms with van der Waals surface area (Å²) in [5, 5.41) is 6.92. The van der Waals surface area contributed by atoms with Gasteiger partial charge in [0, 0.05) is 35.4 Å². The topological polar surface area (TPSA) is 44.4 Å². The third kappa shape index (κ3) is 4.33. The quantitative estimate of drug-likeness (QED) is 0.755. The predicted octanol–water partition coefficient (Wildman–Crippen LogP) is 4.06. The molecular formula is C18H18BrN3OS. The van der Waals surface area contributed by atoms with Crippen molar-refractivity contribution < 1.29 is 4.79 Å². The van der Waals surface area contributed by atoms with Gasteiger partial charge in [-0.05, 0) is 54.5 Å². The second kappa shape index (κ2) is 7.77. The summed E-state index contributed by atoms with van der Waals surface area (Å²) in [5.74, 6) is 0.201. The summed E-state index contributed by atoms with van der Waals surface area (Å²) in [7, 11) is 0. The monoisotopic (exact) mass is 403 g/mol. The van der Waals surface area contributed by atoms with Gasteiger partial charge in [0.05, 0.1) is 0 Å². The lowest BCUT2D eigenvalue weighted by Gasteiger charge is -2.17. The van der Waals surface area contributed by atoms with Crippen molar-refractivity contribution >= 4 is 50.5 Å². The highest BCUT2D eigenvalue weighted by Crippen LogP contribution is 2.22. The number of hydrogen-bond donors (Lipinski definition) is 2. The molecule has 24 heavy (non-hydrogen) atoms. The Morgan fingerprint density at radius 1 is 1.21 bits per heavy atom. The molecule has 0 spiro atoms. The summed E-state index contributed by atoms with van der Waals surface area (Å²) >= 11 is 8.77. The highest BCUT2D eigenvalue weighted by Gasteiger charge is 2.21. The van der Waals surface area contributed by atoms with Crippen molar-refractivity contribution in [1.82, 2.24) is 5.32 Å². The number of hydrogen-bond acceptors (Lipinski definition) is 2. The van der Waals surface area contributed by atoms with Crippen molar-refractivity contribution in [2.45, 2.75) is 19.4 Å². The van der Waals surface area contributed by atoms with Crippen molar-refractivity contribution in [3.05, 3.63) is 58.6 Å². The average molecular weight is 404 g/mol. The van der Waals surface area contributed by atoms with E-state index in [4.69, 9.17) is 12.2 Å². The predicted molar refractivity (Wildman–Crippen MR) is 105 cm³/mol. The maximum Gasteiger partial charge on any atom is 0.227 e. The van der Waals surface area contributed by atoms with Crippen molar-refractivity contribution in [3.8, 4) is 0 Å². The molecular weight excluding hydrogens is 386 g/mol. The fourth-order valence-corrected chi connectivity index (χ4v) is 3.27. The van der Waals surface area contributed by atoms with Crippen LogP contribution in [0.4, 0.5) is 11.4 Å². The number of nitrogens with one attached hydrogen (secondary N) is 2. The van der Waals surface area contributed by atoms with Crippen LogP contribution in [0.1, 0.15) is 18.4 Å². The van der Waals surface area contributed by atoms with E-state index < -0.39 is 0 Å². The van der Waals surface area contributed by atoms with Gasteiger partial charge in [0.15, 0.2) is 5.11 Å². The number of amides is 1. The third-order valence-corrected chi connectivity index (χ3v) is 4.57. The van der Waals surface area contributed by atoms with E-state index in [9.17, 15) is 4.79 Å². The molecule has 2 aromatic carbocycles. The molecule has 1 fully saturated rings. The van der Waals surface area contributed by atoms with E-state index >= 15 is 0 Å². The molecule has 124 valence electrons. The van der Waals surface area contributed by atoms with Crippen molar-refractivity contribution in [2.75, 3.05) is 16.8 Å². The number of halogens is 1. The summed E-state index contributed by atoms with van der Waals surface area (Å²) in [5.41, 5.74) is 2.98. The maximum atomic E-state index is 11.9. The summed E-state index contributed by atoms with van der Waals surface area (Å²) in [6.45, 7) is 1.41. The van der Waals surface area contributed by atoms with Crippen molar-refractivity contribution in [1.29, 1.82) is 0 Å². The van der Waals surface area contributed by atoms with Crippen LogP contribution in [-0.2, 0) is 11.3 Å². The Balaban J connectivity index is 1.58. The fraction of sp³-hybridized carbons (Fsp3) is 0.222. The fourth-order valence-electron chi connectivity index (χ4n) is 2.68. The Morgan fingerprint density at radius 2 is 2.04 bits per heavy atom. The third-order valence-electron chi connectivity index (χ3n) is 3.83. The minimum atomic E-state index is 0.201. The minimum Gasteiger partial charge on any atom is -0.358 e. The summed E-state index contributed by atoms with van der Waals surface area (Å²) < 4.78 is 0.998. The van der Waals surface area contributed by atoms with Crippen LogP contribution in [0, 0.1) is 0 Å². The van der Waals surface area contributed by atoms with E-state index in [1.54, 1.807) is 0 Å². The van der Waals surface area contributed by atoms with Gasteiger partial charge >= 0.3 is 0 Å². The van der Waals surface area contributed by atoms with Gasteiger partial charge in [-0.2, -0.15) is 0 Å².